The van der Waals surface area contributed by atoms with Crippen LogP contribution < -0.4 is 14.9 Å². The van der Waals surface area contributed by atoms with E-state index in [0.29, 0.717) is 43.9 Å². The summed E-state index contributed by atoms with van der Waals surface area (Å²) in [6.07, 6.45) is 0.723. The van der Waals surface area contributed by atoms with E-state index >= 15 is 0 Å². The topological polar surface area (TPSA) is 93.1 Å². The maximum atomic E-state index is 14.2. The summed E-state index contributed by atoms with van der Waals surface area (Å²) in [5.74, 6) is -0.583. The summed E-state index contributed by atoms with van der Waals surface area (Å²) in [5, 5.41) is 3.26. The molecule has 2 atom stereocenters. The third kappa shape index (κ3) is 5.05. The molecule has 0 N–H and O–H groups in total. The molecule has 0 saturated carbocycles. The summed E-state index contributed by atoms with van der Waals surface area (Å²) in [7, 11) is 3.32. The molecule has 8 nitrogen and oxygen atoms in total. The minimum atomic E-state index is -1.14. The Hall–Kier alpha value is -4.82. The molecule has 44 heavy (non-hydrogen) atoms. The summed E-state index contributed by atoms with van der Waals surface area (Å²) < 4.78 is 25.9. The van der Waals surface area contributed by atoms with Crippen molar-refractivity contribution in [2.75, 3.05) is 7.11 Å². The van der Waals surface area contributed by atoms with E-state index in [1.54, 1.807) is 50.3 Å². The number of benzene rings is 4. The van der Waals surface area contributed by atoms with Crippen molar-refractivity contribution in [1.29, 1.82) is 0 Å². The second-order valence-electron chi connectivity index (χ2n) is 11.3. The van der Waals surface area contributed by atoms with Crippen molar-refractivity contribution >= 4 is 62.2 Å². The smallest absolute Gasteiger partial charge is 0.331 e. The predicted molar refractivity (Wildman–Crippen MR) is 170 cm³/mol. The van der Waals surface area contributed by atoms with Crippen LogP contribution in [-0.4, -0.2) is 35.3 Å². The normalized spacial score (nSPS) is 17.4. The van der Waals surface area contributed by atoms with Crippen LogP contribution in [0.5, 0.6) is 11.5 Å². The minimum absolute atomic E-state index is 0.246. The fraction of sp³-hybridized carbons (Fsp3) is 0.229. The molecule has 6 rings (SSSR count). The number of nitrogens with zero attached hydrogens (tertiary/aromatic N) is 1. The van der Waals surface area contributed by atoms with Gasteiger partial charge < -0.3 is 23.5 Å². The van der Waals surface area contributed by atoms with Gasteiger partial charge in [-0.15, -0.1) is 0 Å². The molecule has 9 heteroatoms. The number of ether oxygens (including phenoxy) is 4. The van der Waals surface area contributed by atoms with Gasteiger partial charge in [-0.25, -0.2) is 4.79 Å². The van der Waals surface area contributed by atoms with Crippen LogP contribution >= 0.6 is 11.6 Å². The highest BCUT2D eigenvalue weighted by molar-refractivity contribution is 6.30. The average molecular weight is 612 g/mol. The number of halogens is 1. The molecule has 0 fully saturated rings. The number of hydrogen-bond acceptors (Lipinski definition) is 7. The summed E-state index contributed by atoms with van der Waals surface area (Å²) in [6, 6.07) is 20.2. The fourth-order valence-corrected chi connectivity index (χ4v) is 6.06. The number of fused-ring (bicyclic) bond motifs is 5. The lowest BCUT2D eigenvalue weighted by Crippen LogP contribution is -2.52. The van der Waals surface area contributed by atoms with E-state index in [9.17, 15) is 14.4 Å². The molecule has 5 aromatic rings. The van der Waals surface area contributed by atoms with Crippen molar-refractivity contribution in [3.8, 4) is 11.5 Å². The van der Waals surface area contributed by atoms with Crippen LogP contribution in [0.15, 0.2) is 77.6 Å². The molecule has 0 spiro atoms. The number of esters is 2. The quantitative estimate of drug-likeness (QED) is 0.121. The third-order valence-corrected chi connectivity index (χ3v) is 8.21. The first kappa shape index (κ1) is 29.3. The van der Waals surface area contributed by atoms with Crippen LogP contribution in [0.4, 0.5) is 0 Å². The average Bonchev–Trinajstić information content (AvgIpc) is 2.99. The Labute approximate surface area is 258 Å². The van der Waals surface area contributed by atoms with Gasteiger partial charge in [0.15, 0.2) is 12.2 Å². The molecule has 4 aromatic carbocycles. The molecule has 0 radical (unpaired) electrons. The van der Waals surface area contributed by atoms with Gasteiger partial charge in [0.25, 0.3) is 0 Å². The Balaban J connectivity index is 1.56. The number of carbonyl (C=O) groups is 2. The van der Waals surface area contributed by atoms with Gasteiger partial charge in [-0.1, -0.05) is 48.0 Å². The predicted octanol–water partition coefficient (Wildman–Crippen LogP) is 6.91. The van der Waals surface area contributed by atoms with E-state index in [1.165, 1.54) is 20.1 Å². The zero-order chi connectivity index (χ0) is 31.3. The van der Waals surface area contributed by atoms with Crippen molar-refractivity contribution in [3.05, 3.63) is 99.2 Å². The lowest BCUT2D eigenvalue weighted by Gasteiger charge is -2.43. The summed E-state index contributed by atoms with van der Waals surface area (Å²) in [6.45, 7) is 4.78. The van der Waals surface area contributed by atoms with Gasteiger partial charge in [0.05, 0.1) is 29.1 Å². The van der Waals surface area contributed by atoms with Crippen molar-refractivity contribution in [1.82, 2.24) is 4.57 Å². The highest BCUT2D eigenvalue weighted by Gasteiger charge is 2.50. The SMILES string of the molecule is COc1cc2c(c3c1c(=O)c1cc4ccccc4cc1n3C)[C@H](OC(C)=O)[C@H](OC(=O)C=Cc1ccc(Cl)cc1)C(C)(C)O2. The Morgan fingerprint density at radius 3 is 2.34 bits per heavy atom. The van der Waals surface area contributed by atoms with Crippen LogP contribution in [0.25, 0.3) is 38.7 Å². The minimum Gasteiger partial charge on any atom is -0.496 e. The van der Waals surface area contributed by atoms with Crippen molar-refractivity contribution in [2.45, 2.75) is 38.6 Å². The number of methoxy groups -OCH3 is 1. The lowest BCUT2D eigenvalue weighted by atomic mass is 9.86. The van der Waals surface area contributed by atoms with Gasteiger partial charge in [0, 0.05) is 36.5 Å². The highest BCUT2D eigenvalue weighted by Crippen LogP contribution is 2.49. The number of hydrogen-bond donors (Lipinski definition) is 0. The molecule has 1 aliphatic heterocycles. The second kappa shape index (κ2) is 11.0. The van der Waals surface area contributed by atoms with Gasteiger partial charge in [0.1, 0.15) is 17.1 Å². The monoisotopic (exact) mass is 611 g/mol. The number of aromatic nitrogens is 1. The molecule has 0 amide bonds. The first-order valence-electron chi connectivity index (χ1n) is 14.0. The van der Waals surface area contributed by atoms with E-state index in [1.807, 2.05) is 48.0 Å². The molecule has 1 aliphatic rings. The Kier molecular flexibility index (Phi) is 7.33. The molecule has 0 bridgehead atoms. The van der Waals surface area contributed by atoms with Crippen molar-refractivity contribution in [3.63, 3.8) is 0 Å². The summed E-state index contributed by atoms with van der Waals surface area (Å²) in [4.78, 5) is 39.9. The molecule has 0 unspecified atom stereocenters. The Morgan fingerprint density at radius 2 is 1.68 bits per heavy atom. The maximum absolute atomic E-state index is 14.2. The standard InChI is InChI=1S/C35H30ClNO7/c1-19(38)42-33-30-27(44-35(2,3)34(33)43-28(39)15-12-20-10-13-23(36)14-11-20)18-26(41-5)29-31(30)37(4)25-17-22-9-7-6-8-21(22)16-24(25)32(29)40/h6-18,33-34H,1-5H3/t33-,34-/m0/s1. The van der Waals surface area contributed by atoms with Crippen LogP contribution in [-0.2, 0) is 26.1 Å². The molecule has 2 heterocycles. The first-order chi connectivity index (χ1) is 21.0. The Bertz CT molecular complexity index is 2060. The number of aryl methyl sites for hydroxylation is 1. The van der Waals surface area contributed by atoms with Crippen LogP contribution in [0.2, 0.25) is 5.02 Å². The molecular formula is C35H30ClNO7. The number of carbonyl (C=O) groups excluding carboxylic acids is 2. The van der Waals surface area contributed by atoms with E-state index < -0.39 is 29.7 Å². The van der Waals surface area contributed by atoms with Crippen LogP contribution in [0.3, 0.4) is 0 Å². The number of pyridine rings is 1. The molecule has 224 valence electrons. The first-order valence-corrected chi connectivity index (χ1v) is 14.4. The van der Waals surface area contributed by atoms with E-state index in [4.69, 9.17) is 30.5 Å². The zero-order valence-corrected chi connectivity index (χ0v) is 25.6. The van der Waals surface area contributed by atoms with E-state index in [2.05, 4.69) is 0 Å². The third-order valence-electron chi connectivity index (χ3n) is 7.95. The van der Waals surface area contributed by atoms with Gasteiger partial charge >= 0.3 is 11.9 Å². The lowest BCUT2D eigenvalue weighted by molar-refractivity contribution is -0.185. The fourth-order valence-electron chi connectivity index (χ4n) is 5.93. The largest absolute Gasteiger partial charge is 0.496 e. The molecule has 1 aromatic heterocycles. The zero-order valence-electron chi connectivity index (χ0n) is 24.8. The van der Waals surface area contributed by atoms with Crippen LogP contribution in [0, 0.1) is 0 Å². The van der Waals surface area contributed by atoms with Crippen molar-refractivity contribution < 1.29 is 28.5 Å². The van der Waals surface area contributed by atoms with Crippen LogP contribution in [0.1, 0.15) is 38.0 Å². The summed E-state index contributed by atoms with van der Waals surface area (Å²) in [5.41, 5.74) is 0.893. The van der Waals surface area contributed by atoms with E-state index in [-0.39, 0.29) is 5.43 Å². The van der Waals surface area contributed by atoms with E-state index in [0.717, 1.165) is 16.3 Å². The molecule has 0 saturated heterocycles. The summed E-state index contributed by atoms with van der Waals surface area (Å²) >= 11 is 5.97. The molecular weight excluding hydrogens is 582 g/mol. The van der Waals surface area contributed by atoms with Crippen molar-refractivity contribution in [2.24, 2.45) is 7.05 Å². The van der Waals surface area contributed by atoms with Gasteiger partial charge in [-0.2, -0.15) is 0 Å². The van der Waals surface area contributed by atoms with Gasteiger partial charge in [0.2, 0.25) is 5.43 Å². The second-order valence-corrected chi connectivity index (χ2v) is 11.7. The van der Waals surface area contributed by atoms with Gasteiger partial charge in [-0.3, -0.25) is 9.59 Å². The highest BCUT2D eigenvalue weighted by atomic mass is 35.5. The molecule has 0 aliphatic carbocycles. The van der Waals surface area contributed by atoms with Gasteiger partial charge in [-0.05, 0) is 60.5 Å². The Morgan fingerprint density at radius 1 is 1.00 bits per heavy atom. The number of rotatable bonds is 5. The maximum Gasteiger partial charge on any atom is 0.331 e.